The fourth-order valence-electron chi connectivity index (χ4n) is 1.76. The first kappa shape index (κ1) is 17.6. The number of esters is 1. The van der Waals surface area contributed by atoms with Gasteiger partial charge in [0.2, 0.25) is 0 Å². The molecule has 1 aromatic rings. The van der Waals surface area contributed by atoms with E-state index in [1.54, 1.807) is 32.9 Å². The molecule has 1 aromatic carbocycles. The van der Waals surface area contributed by atoms with Crippen LogP contribution in [0.2, 0.25) is 0 Å². The standard InChI is InChI=1S/C17H21NO4/c1-6-12-7-9-13(10-8-12)11-14(15(19)21-5)18-16(20)22-17(2,3)4/h1,7-10,14H,11H2,2-5H3,(H,18,20). The molecule has 0 aliphatic heterocycles. The van der Waals surface area contributed by atoms with Gasteiger partial charge in [0, 0.05) is 12.0 Å². The minimum absolute atomic E-state index is 0.288. The third kappa shape index (κ3) is 5.88. The van der Waals surface area contributed by atoms with E-state index in [-0.39, 0.29) is 6.42 Å². The van der Waals surface area contributed by atoms with Crippen molar-refractivity contribution in [2.45, 2.75) is 38.8 Å². The van der Waals surface area contributed by atoms with E-state index < -0.39 is 23.7 Å². The molecule has 0 spiro atoms. The van der Waals surface area contributed by atoms with Crippen LogP contribution in [0, 0.1) is 12.3 Å². The molecule has 1 unspecified atom stereocenters. The van der Waals surface area contributed by atoms with E-state index in [1.165, 1.54) is 7.11 Å². The number of hydrogen-bond donors (Lipinski definition) is 1. The number of carbonyl (C=O) groups is 2. The highest BCUT2D eigenvalue weighted by Crippen LogP contribution is 2.10. The highest BCUT2D eigenvalue weighted by molar-refractivity contribution is 5.81. The molecule has 0 fully saturated rings. The smallest absolute Gasteiger partial charge is 0.408 e. The second-order valence-electron chi connectivity index (χ2n) is 5.77. The number of hydrogen-bond acceptors (Lipinski definition) is 4. The summed E-state index contributed by atoms with van der Waals surface area (Å²) in [5, 5.41) is 2.53. The Morgan fingerprint density at radius 3 is 2.32 bits per heavy atom. The van der Waals surface area contributed by atoms with Gasteiger partial charge in [-0.3, -0.25) is 0 Å². The number of benzene rings is 1. The molecule has 0 heterocycles. The van der Waals surface area contributed by atoms with Crippen molar-refractivity contribution in [2.75, 3.05) is 7.11 Å². The first-order valence-corrected chi connectivity index (χ1v) is 6.88. The van der Waals surface area contributed by atoms with E-state index in [4.69, 9.17) is 15.9 Å². The third-order valence-electron chi connectivity index (χ3n) is 2.74. The van der Waals surface area contributed by atoms with Crippen LogP contribution in [0.3, 0.4) is 0 Å². The fourth-order valence-corrected chi connectivity index (χ4v) is 1.76. The van der Waals surface area contributed by atoms with Gasteiger partial charge in [-0.2, -0.15) is 0 Å². The van der Waals surface area contributed by atoms with Gasteiger partial charge in [-0.1, -0.05) is 18.1 Å². The molecule has 1 N–H and O–H groups in total. The molecule has 0 bridgehead atoms. The van der Waals surface area contributed by atoms with Crippen molar-refractivity contribution in [1.82, 2.24) is 5.32 Å². The minimum Gasteiger partial charge on any atom is -0.467 e. The van der Waals surface area contributed by atoms with Gasteiger partial charge in [0.15, 0.2) is 0 Å². The van der Waals surface area contributed by atoms with Crippen LogP contribution in [0.15, 0.2) is 24.3 Å². The zero-order chi connectivity index (χ0) is 16.8. The lowest BCUT2D eigenvalue weighted by atomic mass is 10.0. The molecule has 0 saturated heterocycles. The largest absolute Gasteiger partial charge is 0.467 e. The molecule has 0 aliphatic carbocycles. The number of carbonyl (C=O) groups excluding carboxylic acids is 2. The average molecular weight is 303 g/mol. The van der Waals surface area contributed by atoms with E-state index in [0.29, 0.717) is 0 Å². The van der Waals surface area contributed by atoms with E-state index in [9.17, 15) is 9.59 Å². The van der Waals surface area contributed by atoms with Crippen LogP contribution >= 0.6 is 0 Å². The highest BCUT2D eigenvalue weighted by Gasteiger charge is 2.25. The Hall–Kier alpha value is -2.48. The second kappa shape index (κ2) is 7.51. The molecular weight excluding hydrogens is 282 g/mol. The van der Waals surface area contributed by atoms with Gasteiger partial charge >= 0.3 is 12.1 Å². The maximum Gasteiger partial charge on any atom is 0.408 e. The van der Waals surface area contributed by atoms with Crippen molar-refractivity contribution in [3.63, 3.8) is 0 Å². The van der Waals surface area contributed by atoms with Crippen molar-refractivity contribution in [3.8, 4) is 12.3 Å². The minimum atomic E-state index is -0.823. The fraction of sp³-hybridized carbons (Fsp3) is 0.412. The van der Waals surface area contributed by atoms with Gasteiger partial charge in [0.25, 0.3) is 0 Å². The van der Waals surface area contributed by atoms with E-state index in [2.05, 4.69) is 11.2 Å². The molecular formula is C17H21NO4. The molecule has 0 saturated carbocycles. The molecule has 1 rings (SSSR count). The molecule has 5 heteroatoms. The van der Waals surface area contributed by atoms with E-state index in [1.807, 2.05) is 12.1 Å². The number of alkyl carbamates (subject to hydrolysis) is 1. The van der Waals surface area contributed by atoms with Crippen LogP contribution in [0.4, 0.5) is 4.79 Å². The summed E-state index contributed by atoms with van der Waals surface area (Å²) in [7, 11) is 1.27. The molecule has 5 nitrogen and oxygen atoms in total. The van der Waals surface area contributed by atoms with Crippen LogP contribution in [-0.4, -0.2) is 30.8 Å². The Labute approximate surface area is 131 Å². The summed E-state index contributed by atoms with van der Waals surface area (Å²) in [4.78, 5) is 23.6. The lowest BCUT2D eigenvalue weighted by molar-refractivity contribution is -0.143. The zero-order valence-electron chi connectivity index (χ0n) is 13.3. The summed E-state index contributed by atoms with van der Waals surface area (Å²) in [6.07, 6.45) is 4.92. The number of amides is 1. The van der Waals surface area contributed by atoms with Crippen LogP contribution in [0.5, 0.6) is 0 Å². The van der Waals surface area contributed by atoms with Crippen LogP contribution in [0.25, 0.3) is 0 Å². The SMILES string of the molecule is C#Cc1ccc(CC(NC(=O)OC(C)(C)C)C(=O)OC)cc1. The number of rotatable bonds is 4. The van der Waals surface area contributed by atoms with Crippen molar-refractivity contribution >= 4 is 12.1 Å². The molecule has 0 aliphatic rings. The number of terminal acetylenes is 1. The predicted molar refractivity (Wildman–Crippen MR) is 83.3 cm³/mol. The lowest BCUT2D eigenvalue weighted by Gasteiger charge is -2.22. The maximum atomic E-state index is 11.8. The van der Waals surface area contributed by atoms with E-state index >= 15 is 0 Å². The summed E-state index contributed by atoms with van der Waals surface area (Å²) in [6, 6.07) is 6.34. The van der Waals surface area contributed by atoms with Gasteiger partial charge in [-0.15, -0.1) is 6.42 Å². The second-order valence-corrected chi connectivity index (χ2v) is 5.77. The number of methoxy groups -OCH3 is 1. The molecule has 0 aromatic heterocycles. The quantitative estimate of drug-likeness (QED) is 0.684. The Kier molecular flexibility index (Phi) is 6.00. The van der Waals surface area contributed by atoms with Gasteiger partial charge in [0.1, 0.15) is 11.6 Å². The van der Waals surface area contributed by atoms with Crippen molar-refractivity contribution in [2.24, 2.45) is 0 Å². The summed E-state index contributed by atoms with van der Waals surface area (Å²) in [6.45, 7) is 5.24. The topological polar surface area (TPSA) is 64.6 Å². The van der Waals surface area contributed by atoms with Gasteiger partial charge < -0.3 is 14.8 Å². The average Bonchev–Trinajstić information content (AvgIpc) is 2.44. The predicted octanol–water partition coefficient (Wildman–Crippen LogP) is 2.28. The Morgan fingerprint density at radius 2 is 1.86 bits per heavy atom. The van der Waals surface area contributed by atoms with Gasteiger partial charge in [-0.05, 0) is 38.5 Å². The normalized spacial score (nSPS) is 12.0. The number of ether oxygens (including phenoxy) is 2. The maximum absolute atomic E-state index is 11.8. The summed E-state index contributed by atoms with van der Waals surface area (Å²) < 4.78 is 9.87. The molecule has 1 amide bonds. The lowest BCUT2D eigenvalue weighted by Crippen LogP contribution is -2.45. The molecule has 1 atom stereocenters. The Balaban J connectivity index is 2.78. The van der Waals surface area contributed by atoms with Crippen LogP contribution in [-0.2, 0) is 20.7 Å². The van der Waals surface area contributed by atoms with Gasteiger partial charge in [0.05, 0.1) is 7.11 Å². The molecule has 22 heavy (non-hydrogen) atoms. The summed E-state index contributed by atoms with van der Waals surface area (Å²) in [5.74, 6) is 1.98. The number of nitrogens with one attached hydrogen (secondary N) is 1. The Bertz CT molecular complexity index is 564. The zero-order valence-corrected chi connectivity index (χ0v) is 13.3. The summed E-state index contributed by atoms with van der Waals surface area (Å²) in [5.41, 5.74) is 0.961. The van der Waals surface area contributed by atoms with Crippen molar-refractivity contribution in [1.29, 1.82) is 0 Å². The third-order valence-corrected chi connectivity index (χ3v) is 2.74. The van der Waals surface area contributed by atoms with Crippen LogP contribution in [0.1, 0.15) is 31.9 Å². The van der Waals surface area contributed by atoms with Crippen molar-refractivity contribution < 1.29 is 19.1 Å². The first-order chi connectivity index (χ1) is 10.2. The first-order valence-electron chi connectivity index (χ1n) is 6.88. The van der Waals surface area contributed by atoms with Crippen LogP contribution < -0.4 is 5.32 Å². The summed E-state index contributed by atoms with van der Waals surface area (Å²) >= 11 is 0. The molecule has 0 radical (unpaired) electrons. The van der Waals surface area contributed by atoms with E-state index in [0.717, 1.165) is 11.1 Å². The molecule has 118 valence electrons. The van der Waals surface area contributed by atoms with Gasteiger partial charge in [-0.25, -0.2) is 9.59 Å². The Morgan fingerprint density at radius 1 is 1.27 bits per heavy atom. The monoisotopic (exact) mass is 303 g/mol. The highest BCUT2D eigenvalue weighted by atomic mass is 16.6. The van der Waals surface area contributed by atoms with Crippen molar-refractivity contribution in [3.05, 3.63) is 35.4 Å².